The van der Waals surface area contributed by atoms with Crippen LogP contribution in [0.4, 0.5) is 0 Å². The monoisotopic (exact) mass is 416 g/mol. The van der Waals surface area contributed by atoms with Crippen LogP contribution in [-0.4, -0.2) is 10.5 Å². The smallest absolute Gasteiger partial charge is 1.00 e. The summed E-state index contributed by atoms with van der Waals surface area (Å²) >= 11 is 0. The van der Waals surface area contributed by atoms with Gasteiger partial charge in [-0.05, 0) is 0 Å². The van der Waals surface area contributed by atoms with Crippen molar-refractivity contribution in [1.29, 1.82) is 0 Å². The van der Waals surface area contributed by atoms with Crippen LogP contribution < -0.4 is 27.6 Å². The van der Waals surface area contributed by atoms with E-state index in [0.717, 1.165) is 6.54 Å². The van der Waals surface area contributed by atoms with E-state index >= 15 is 0 Å². The van der Waals surface area contributed by atoms with Crippen molar-refractivity contribution < 1.29 is 17.0 Å². The van der Waals surface area contributed by atoms with Gasteiger partial charge in [-0.1, -0.05) is 0 Å². The number of nitrogens with zero attached hydrogens (tertiary/aromatic N) is 2. The molecule has 3 rings (SSSR count). The van der Waals surface area contributed by atoms with Gasteiger partial charge in [0.1, 0.15) is 0 Å². The number of rotatable bonds is 9. The molecule has 0 N–H and O–H groups in total. The molecule has 28 heavy (non-hydrogen) atoms. The molecule has 0 radical (unpaired) electrons. The van der Waals surface area contributed by atoms with Crippen molar-refractivity contribution in [2.45, 2.75) is 53.0 Å². The molecule has 0 spiro atoms. The average Bonchev–Trinajstić information content (AvgIpc) is 3.09. The minimum absolute atomic E-state index is 0. The van der Waals surface area contributed by atoms with E-state index < -0.39 is 7.41 Å². The maximum Gasteiger partial charge on any atom is -1.00 e. The maximum absolute atomic E-state index is 2.66. The third-order valence-electron chi connectivity index (χ3n) is 5.72. The summed E-state index contributed by atoms with van der Waals surface area (Å²) in [5.41, 5.74) is 0. The number of hydrogen-bond acceptors (Lipinski definition) is 0. The van der Waals surface area contributed by atoms with Gasteiger partial charge in [0, 0.05) is 0 Å². The van der Waals surface area contributed by atoms with Gasteiger partial charge >= 0.3 is 165 Å². The largest absolute Gasteiger partial charge is 1.00 e. The van der Waals surface area contributed by atoms with Crippen LogP contribution in [0.3, 0.4) is 0 Å². The molecule has 0 aliphatic rings. The fourth-order valence-electron chi connectivity index (χ4n) is 4.18. The molecule has 0 saturated carbocycles. The molecular weight excluding hydrogens is 383 g/mol. The van der Waals surface area contributed by atoms with Crippen LogP contribution in [-0.2, 0) is 6.54 Å². The van der Waals surface area contributed by atoms with Gasteiger partial charge in [-0.15, -0.1) is 0 Å². The summed E-state index contributed by atoms with van der Waals surface area (Å²) in [6.45, 7) is 7.98. The van der Waals surface area contributed by atoms with Gasteiger partial charge in [-0.3, -0.25) is 0 Å². The summed E-state index contributed by atoms with van der Waals surface area (Å²) in [5, 5.41) is 3.01. The van der Waals surface area contributed by atoms with E-state index in [1.807, 2.05) is 0 Å². The van der Waals surface area contributed by atoms with E-state index in [9.17, 15) is 0 Å². The van der Waals surface area contributed by atoms with Crippen molar-refractivity contribution in [1.82, 2.24) is 4.34 Å². The van der Waals surface area contributed by atoms with Crippen LogP contribution in [0, 0.1) is 6.92 Å². The first-order valence-electron chi connectivity index (χ1n) is 10.4. The Morgan fingerprint density at radius 3 is 1.86 bits per heavy atom. The zero-order valence-electron chi connectivity index (χ0n) is 17.4. The molecule has 0 saturated heterocycles. The van der Waals surface area contributed by atoms with Crippen LogP contribution in [0.1, 0.15) is 45.4 Å². The second kappa shape index (κ2) is 10.8. The number of benzene rings is 2. The van der Waals surface area contributed by atoms with E-state index in [-0.39, 0.29) is 12.4 Å². The number of aryl methyl sites for hydroxylation is 1. The van der Waals surface area contributed by atoms with Crippen molar-refractivity contribution in [3.8, 4) is 0 Å². The number of imidazole rings is 1. The van der Waals surface area contributed by atoms with E-state index in [0.29, 0.717) is 0 Å². The fourth-order valence-corrected chi connectivity index (χ4v) is 9.25. The third kappa shape index (κ3) is 4.50. The molecular formula is C24H34ClN2P. The first kappa shape index (κ1) is 22.7. The molecule has 2 nitrogen and oxygen atoms in total. The minimum atomic E-state index is -2.11. The predicted molar refractivity (Wildman–Crippen MR) is 120 cm³/mol. The van der Waals surface area contributed by atoms with Crippen LogP contribution >= 0.6 is 7.41 Å². The second-order valence-electron chi connectivity index (χ2n) is 7.46. The minimum Gasteiger partial charge on any atom is -1.00 e. The molecule has 0 bridgehead atoms. The van der Waals surface area contributed by atoms with Crippen molar-refractivity contribution in [2.24, 2.45) is 0 Å². The van der Waals surface area contributed by atoms with Gasteiger partial charge < -0.3 is 12.4 Å². The van der Waals surface area contributed by atoms with E-state index in [1.165, 1.54) is 48.3 Å². The average molecular weight is 417 g/mol. The fraction of sp³-hybridized carbons (Fsp3) is 0.375. The Bertz CT molecular complexity index is 791. The summed E-state index contributed by atoms with van der Waals surface area (Å²) in [6.07, 6.45) is 10.8. The standard InChI is InChI=1S/C24H34N2P.ClH/c1-4-6-18-25-19-20-26(22(25)3)27(21-7-5-2,23-14-10-8-11-15-23)24-16-12-9-13-17-24;/h8-17,19-20,27H,4-7,18,21H2,1-3H3;1H/q+1;/p-1. The molecule has 0 aliphatic heterocycles. The van der Waals surface area contributed by atoms with Crippen LogP contribution in [0.5, 0.6) is 0 Å². The summed E-state index contributed by atoms with van der Waals surface area (Å²) in [5.74, 6) is 1.39. The van der Waals surface area contributed by atoms with Gasteiger partial charge in [0.05, 0.1) is 0 Å². The first-order valence-corrected chi connectivity index (χ1v) is 12.6. The number of unbranched alkanes of at least 4 members (excludes halogenated alkanes) is 2. The zero-order valence-corrected chi connectivity index (χ0v) is 19.2. The van der Waals surface area contributed by atoms with E-state index in [1.54, 1.807) is 0 Å². The molecule has 152 valence electrons. The van der Waals surface area contributed by atoms with Gasteiger partial charge in [0.2, 0.25) is 0 Å². The molecule has 1 aromatic heterocycles. The van der Waals surface area contributed by atoms with Crippen molar-refractivity contribution in [2.75, 3.05) is 6.16 Å². The van der Waals surface area contributed by atoms with Crippen molar-refractivity contribution in [3.05, 3.63) is 78.9 Å². The molecule has 0 amide bonds. The maximum atomic E-state index is 2.66. The molecule has 0 unspecified atom stereocenters. The summed E-state index contributed by atoms with van der Waals surface area (Å²) in [6, 6.07) is 22.5. The Hall–Kier alpha value is -1.63. The van der Waals surface area contributed by atoms with E-state index in [2.05, 4.69) is 103 Å². The summed E-state index contributed by atoms with van der Waals surface area (Å²) in [7, 11) is -2.11. The normalized spacial score (nSPS) is 11.8. The van der Waals surface area contributed by atoms with Crippen LogP contribution in [0.2, 0.25) is 0 Å². The molecule has 3 aromatic rings. The number of aromatic nitrogens is 2. The molecule has 2 aromatic carbocycles. The van der Waals surface area contributed by atoms with E-state index in [4.69, 9.17) is 0 Å². The Morgan fingerprint density at radius 2 is 1.36 bits per heavy atom. The third-order valence-corrected chi connectivity index (χ3v) is 10.7. The van der Waals surface area contributed by atoms with Gasteiger partial charge in [0.25, 0.3) is 0 Å². The second-order valence-corrected chi connectivity index (χ2v) is 11.3. The van der Waals surface area contributed by atoms with Gasteiger partial charge in [-0.2, -0.15) is 0 Å². The van der Waals surface area contributed by atoms with Crippen LogP contribution in [0.15, 0.2) is 73.1 Å². The Labute approximate surface area is 177 Å². The molecule has 0 fully saturated rings. The predicted octanol–water partition coefficient (Wildman–Crippen LogP) is 1.85. The number of halogens is 1. The molecule has 0 aliphatic carbocycles. The SMILES string of the molecule is CCCC[n+]1ccn([PH](CCCC)(c2ccccc2)c2ccccc2)c1C.[Cl-]. The van der Waals surface area contributed by atoms with Crippen LogP contribution in [0.25, 0.3) is 0 Å². The zero-order chi connectivity index (χ0) is 19.1. The van der Waals surface area contributed by atoms with Crippen molar-refractivity contribution in [3.63, 3.8) is 0 Å². The quantitative estimate of drug-likeness (QED) is 0.372. The summed E-state index contributed by atoms with van der Waals surface area (Å²) in [4.78, 5) is 0. The topological polar surface area (TPSA) is 8.81 Å². The molecule has 1 heterocycles. The molecule has 0 atom stereocenters. The Morgan fingerprint density at radius 1 is 0.821 bits per heavy atom. The summed E-state index contributed by atoms with van der Waals surface area (Å²) < 4.78 is 5.10. The Kier molecular flexibility index (Phi) is 8.73. The van der Waals surface area contributed by atoms with Gasteiger partial charge in [0.15, 0.2) is 0 Å². The molecule has 4 heteroatoms. The Balaban J connectivity index is 0.00000280. The first-order chi connectivity index (χ1) is 13.2. The van der Waals surface area contributed by atoms with Gasteiger partial charge in [-0.25, -0.2) is 0 Å². The van der Waals surface area contributed by atoms with Crippen molar-refractivity contribution >= 4 is 18.0 Å². The number of hydrogen-bond donors (Lipinski definition) is 0.